The first kappa shape index (κ1) is 16.4. The number of hydrogen-bond donors (Lipinski definition) is 0. The minimum Gasteiger partial charge on any atom is -0.0622 e. The maximum absolute atomic E-state index is 2.25. The second-order valence-electron chi connectivity index (χ2n) is 6.67. The van der Waals surface area contributed by atoms with Gasteiger partial charge in [-0.1, -0.05) is 103 Å². The molecule has 0 fully saturated rings. The van der Waals surface area contributed by atoms with Gasteiger partial charge in [0.05, 0.1) is 0 Å². The van der Waals surface area contributed by atoms with Crippen LogP contribution in [0.5, 0.6) is 0 Å². The summed E-state index contributed by atoms with van der Waals surface area (Å²) < 4.78 is 0. The van der Waals surface area contributed by atoms with Gasteiger partial charge in [0.2, 0.25) is 0 Å². The molecule has 0 saturated carbocycles. The van der Waals surface area contributed by atoms with Gasteiger partial charge in [-0.25, -0.2) is 0 Å². The van der Waals surface area contributed by atoms with E-state index in [2.05, 4.69) is 110 Å². The Balaban J connectivity index is 1.92. The molecule has 0 atom stereocenters. The Morgan fingerprint density at radius 3 is 1.54 bits per heavy atom. The van der Waals surface area contributed by atoms with E-state index in [9.17, 15) is 0 Å². The summed E-state index contributed by atoms with van der Waals surface area (Å²) in [5, 5.41) is 0. The molecule has 0 heteroatoms. The van der Waals surface area contributed by atoms with E-state index in [1.54, 1.807) is 0 Å². The lowest BCUT2D eigenvalue weighted by molar-refractivity contribution is 1.16. The van der Waals surface area contributed by atoms with Crippen molar-refractivity contribution in [1.82, 2.24) is 0 Å². The Morgan fingerprint density at radius 2 is 1.00 bits per heavy atom. The Hall–Kier alpha value is -3.12. The normalized spacial score (nSPS) is 10.7. The van der Waals surface area contributed by atoms with E-state index in [-0.39, 0.29) is 0 Å². The van der Waals surface area contributed by atoms with Gasteiger partial charge in [0.1, 0.15) is 0 Å². The van der Waals surface area contributed by atoms with Crippen LogP contribution in [0.1, 0.15) is 16.7 Å². The highest BCUT2D eigenvalue weighted by atomic mass is 14.2. The van der Waals surface area contributed by atoms with Gasteiger partial charge in [-0.15, -0.1) is 0 Å². The second-order valence-corrected chi connectivity index (χ2v) is 6.67. The maximum Gasteiger partial charge on any atom is -0.00108 e. The largest absolute Gasteiger partial charge is 0.0622 e. The molecule has 0 aliphatic carbocycles. The Labute approximate surface area is 155 Å². The lowest BCUT2D eigenvalue weighted by Crippen LogP contribution is -1.98. The van der Waals surface area contributed by atoms with Gasteiger partial charge >= 0.3 is 0 Å². The van der Waals surface area contributed by atoms with Crippen molar-refractivity contribution in [2.24, 2.45) is 0 Å². The zero-order valence-corrected chi connectivity index (χ0v) is 15.0. The van der Waals surface area contributed by atoms with Gasteiger partial charge in [0, 0.05) is 0 Å². The standard InChI is InChI=1S/C26H22/c1-20-11-8-9-16-23(20)19-26-24(21-12-4-2-5-13-21)17-10-18-25(26)22-14-6-3-7-15-22/h2-18H,19H2,1H3. The van der Waals surface area contributed by atoms with E-state index >= 15 is 0 Å². The summed E-state index contributed by atoms with van der Waals surface area (Å²) in [4.78, 5) is 0. The topological polar surface area (TPSA) is 0 Å². The first-order chi connectivity index (χ1) is 12.8. The molecule has 0 N–H and O–H groups in total. The first-order valence-electron chi connectivity index (χ1n) is 9.10. The molecule has 0 spiro atoms. The molecule has 0 aliphatic rings. The van der Waals surface area contributed by atoms with Crippen molar-refractivity contribution in [3.63, 3.8) is 0 Å². The minimum absolute atomic E-state index is 0.933. The van der Waals surface area contributed by atoms with E-state index in [1.165, 1.54) is 38.9 Å². The van der Waals surface area contributed by atoms with Gasteiger partial charge in [-0.05, 0) is 52.3 Å². The molecule has 0 bridgehead atoms. The van der Waals surface area contributed by atoms with Crippen molar-refractivity contribution in [3.05, 3.63) is 120 Å². The lowest BCUT2D eigenvalue weighted by atomic mass is 9.87. The molecule has 0 aliphatic heterocycles. The van der Waals surface area contributed by atoms with Crippen molar-refractivity contribution in [1.29, 1.82) is 0 Å². The zero-order chi connectivity index (χ0) is 17.8. The van der Waals surface area contributed by atoms with Gasteiger partial charge in [-0.3, -0.25) is 0 Å². The molecule has 4 aromatic rings. The third-order valence-electron chi connectivity index (χ3n) is 4.97. The van der Waals surface area contributed by atoms with E-state index < -0.39 is 0 Å². The van der Waals surface area contributed by atoms with Crippen molar-refractivity contribution in [2.75, 3.05) is 0 Å². The number of aryl methyl sites for hydroxylation is 1. The fourth-order valence-corrected chi connectivity index (χ4v) is 3.55. The third-order valence-corrected chi connectivity index (χ3v) is 4.97. The maximum atomic E-state index is 2.25. The van der Waals surface area contributed by atoms with E-state index in [4.69, 9.17) is 0 Å². The summed E-state index contributed by atoms with van der Waals surface area (Å²) in [6.07, 6.45) is 0.933. The lowest BCUT2D eigenvalue weighted by Gasteiger charge is -2.17. The van der Waals surface area contributed by atoms with Crippen LogP contribution >= 0.6 is 0 Å². The van der Waals surface area contributed by atoms with Crippen molar-refractivity contribution < 1.29 is 0 Å². The van der Waals surface area contributed by atoms with Crippen LogP contribution in [-0.2, 0) is 6.42 Å². The van der Waals surface area contributed by atoms with Crippen LogP contribution in [0, 0.1) is 6.92 Å². The van der Waals surface area contributed by atoms with Crippen LogP contribution < -0.4 is 0 Å². The highest BCUT2D eigenvalue weighted by Crippen LogP contribution is 2.34. The average molecular weight is 334 g/mol. The average Bonchev–Trinajstić information content (AvgIpc) is 2.71. The zero-order valence-electron chi connectivity index (χ0n) is 15.0. The summed E-state index contributed by atoms with van der Waals surface area (Å²) >= 11 is 0. The highest BCUT2D eigenvalue weighted by Gasteiger charge is 2.13. The molecule has 0 amide bonds. The first-order valence-corrected chi connectivity index (χ1v) is 9.10. The Morgan fingerprint density at radius 1 is 0.500 bits per heavy atom. The molecule has 4 aromatic carbocycles. The highest BCUT2D eigenvalue weighted by molar-refractivity contribution is 5.79. The summed E-state index contributed by atoms with van der Waals surface area (Å²) in [7, 11) is 0. The van der Waals surface area contributed by atoms with Crippen LogP contribution in [0.2, 0.25) is 0 Å². The SMILES string of the molecule is Cc1ccccc1Cc1c(-c2ccccc2)cccc1-c1ccccc1. The Kier molecular flexibility index (Phi) is 4.66. The monoisotopic (exact) mass is 334 g/mol. The molecular formula is C26H22. The second kappa shape index (κ2) is 7.41. The molecule has 0 unspecified atom stereocenters. The summed E-state index contributed by atoms with van der Waals surface area (Å²) in [5.41, 5.74) is 9.29. The van der Waals surface area contributed by atoms with Gasteiger partial charge in [0.25, 0.3) is 0 Å². The molecule has 0 saturated heterocycles. The van der Waals surface area contributed by atoms with Crippen LogP contribution in [0.15, 0.2) is 103 Å². The van der Waals surface area contributed by atoms with E-state index in [0.717, 1.165) is 6.42 Å². The molecule has 0 aromatic heterocycles. The molecule has 0 nitrogen and oxygen atoms in total. The molecule has 26 heavy (non-hydrogen) atoms. The predicted octanol–water partition coefficient (Wildman–Crippen LogP) is 6.92. The van der Waals surface area contributed by atoms with E-state index in [0.29, 0.717) is 0 Å². The fraction of sp³-hybridized carbons (Fsp3) is 0.0769. The predicted molar refractivity (Wildman–Crippen MR) is 111 cm³/mol. The van der Waals surface area contributed by atoms with Crippen molar-refractivity contribution in [2.45, 2.75) is 13.3 Å². The van der Waals surface area contributed by atoms with E-state index in [1.807, 2.05) is 0 Å². The molecule has 0 heterocycles. The molecule has 4 rings (SSSR count). The van der Waals surface area contributed by atoms with Crippen molar-refractivity contribution >= 4 is 0 Å². The molecule has 0 radical (unpaired) electrons. The smallest absolute Gasteiger partial charge is 0.00108 e. The van der Waals surface area contributed by atoms with Crippen LogP contribution in [0.3, 0.4) is 0 Å². The Bertz CT molecular complexity index is 941. The minimum atomic E-state index is 0.933. The summed E-state index contributed by atoms with van der Waals surface area (Å²) in [5.74, 6) is 0. The summed E-state index contributed by atoms with van der Waals surface area (Å²) in [6.45, 7) is 2.20. The summed E-state index contributed by atoms with van der Waals surface area (Å²) in [6, 6.07) is 36.8. The third kappa shape index (κ3) is 3.32. The van der Waals surface area contributed by atoms with Gasteiger partial charge in [0.15, 0.2) is 0 Å². The quantitative estimate of drug-likeness (QED) is 0.380. The molecule has 126 valence electrons. The van der Waals surface area contributed by atoms with Crippen LogP contribution in [0.4, 0.5) is 0 Å². The number of benzene rings is 4. The van der Waals surface area contributed by atoms with Gasteiger partial charge in [-0.2, -0.15) is 0 Å². The van der Waals surface area contributed by atoms with Crippen LogP contribution in [0.25, 0.3) is 22.3 Å². The van der Waals surface area contributed by atoms with Gasteiger partial charge < -0.3 is 0 Å². The number of rotatable bonds is 4. The molecular weight excluding hydrogens is 312 g/mol. The van der Waals surface area contributed by atoms with Crippen molar-refractivity contribution in [3.8, 4) is 22.3 Å². The van der Waals surface area contributed by atoms with Crippen LogP contribution in [-0.4, -0.2) is 0 Å². The fourth-order valence-electron chi connectivity index (χ4n) is 3.55. The number of hydrogen-bond acceptors (Lipinski definition) is 0.